The molecule has 0 radical (unpaired) electrons. The molecule has 5 heteroatoms. The number of likely N-dealkylation sites (tertiary alicyclic amines) is 1. The third kappa shape index (κ3) is 4.07. The zero-order chi connectivity index (χ0) is 12.6. The zero-order valence-electron chi connectivity index (χ0n) is 11.3. The second kappa shape index (κ2) is 7.48. The normalized spacial score (nSPS) is 18.3. The van der Waals surface area contributed by atoms with E-state index in [1.54, 1.807) is 13.4 Å². The monoisotopic (exact) mass is 252 g/mol. The van der Waals surface area contributed by atoms with Crippen molar-refractivity contribution in [1.29, 1.82) is 0 Å². The topological polar surface area (TPSA) is 43.2 Å². The van der Waals surface area contributed by atoms with E-state index in [-0.39, 0.29) is 0 Å². The molecule has 1 aromatic rings. The Balaban J connectivity index is 1.59. The van der Waals surface area contributed by atoms with Crippen molar-refractivity contribution in [2.45, 2.75) is 38.1 Å². The first-order valence-corrected chi connectivity index (χ1v) is 6.95. The minimum absolute atomic E-state index is 0.553. The van der Waals surface area contributed by atoms with Crippen LogP contribution in [0.15, 0.2) is 12.7 Å². The smallest absolute Gasteiger partial charge is 0.137 e. The lowest BCUT2D eigenvalue weighted by Crippen LogP contribution is -2.35. The van der Waals surface area contributed by atoms with Crippen LogP contribution in [-0.2, 0) is 4.74 Å². The number of aromatic nitrogens is 3. The summed E-state index contributed by atoms with van der Waals surface area (Å²) in [5.74, 6) is 0. The molecule has 2 heterocycles. The number of unbranched alkanes of at least 4 members (excludes halogenated alkanes) is 2. The summed E-state index contributed by atoms with van der Waals surface area (Å²) in [5, 5.41) is 4.23. The van der Waals surface area contributed by atoms with Gasteiger partial charge in [0, 0.05) is 26.8 Å². The van der Waals surface area contributed by atoms with Crippen LogP contribution >= 0.6 is 0 Å². The van der Waals surface area contributed by atoms with Crippen LogP contribution in [-0.4, -0.2) is 53.0 Å². The Morgan fingerprint density at radius 1 is 1.22 bits per heavy atom. The van der Waals surface area contributed by atoms with Gasteiger partial charge in [0.1, 0.15) is 12.7 Å². The molecule has 1 saturated heterocycles. The van der Waals surface area contributed by atoms with Crippen LogP contribution in [0.25, 0.3) is 0 Å². The standard InChI is InChI=1S/C13H24N4O/c1-18-10-4-2-3-7-16-8-5-13(6-9-16)17-12-14-11-15-17/h11-13H,2-10H2,1H3. The quantitative estimate of drug-likeness (QED) is 0.693. The average Bonchev–Trinajstić information content (AvgIpc) is 2.93. The molecule has 0 amide bonds. The van der Waals surface area contributed by atoms with Crippen molar-refractivity contribution in [1.82, 2.24) is 19.7 Å². The van der Waals surface area contributed by atoms with Crippen LogP contribution in [0.2, 0.25) is 0 Å². The highest BCUT2D eigenvalue weighted by atomic mass is 16.5. The van der Waals surface area contributed by atoms with E-state index in [0.717, 1.165) is 6.61 Å². The molecule has 0 aliphatic carbocycles. The van der Waals surface area contributed by atoms with Gasteiger partial charge in [-0.1, -0.05) is 0 Å². The lowest BCUT2D eigenvalue weighted by molar-refractivity contribution is 0.169. The Labute approximate surface area is 109 Å². The molecular weight excluding hydrogens is 228 g/mol. The van der Waals surface area contributed by atoms with Crippen molar-refractivity contribution in [3.63, 3.8) is 0 Å². The summed E-state index contributed by atoms with van der Waals surface area (Å²) in [7, 11) is 1.77. The Morgan fingerprint density at radius 2 is 2.06 bits per heavy atom. The Morgan fingerprint density at radius 3 is 2.72 bits per heavy atom. The lowest BCUT2D eigenvalue weighted by Gasteiger charge is -2.31. The minimum Gasteiger partial charge on any atom is -0.385 e. The lowest BCUT2D eigenvalue weighted by atomic mass is 10.0. The van der Waals surface area contributed by atoms with Gasteiger partial charge in [-0.15, -0.1) is 0 Å². The van der Waals surface area contributed by atoms with Crippen molar-refractivity contribution in [3.8, 4) is 0 Å². The van der Waals surface area contributed by atoms with E-state index in [9.17, 15) is 0 Å². The maximum absolute atomic E-state index is 5.06. The van der Waals surface area contributed by atoms with Gasteiger partial charge in [-0.25, -0.2) is 9.67 Å². The molecule has 0 bridgehead atoms. The minimum atomic E-state index is 0.553. The first-order chi connectivity index (χ1) is 8.90. The maximum atomic E-state index is 5.06. The first-order valence-electron chi connectivity index (χ1n) is 6.95. The molecule has 18 heavy (non-hydrogen) atoms. The molecule has 102 valence electrons. The van der Waals surface area contributed by atoms with Gasteiger partial charge in [0.05, 0.1) is 6.04 Å². The van der Waals surface area contributed by atoms with Crippen molar-refractivity contribution in [2.75, 3.05) is 33.4 Å². The van der Waals surface area contributed by atoms with E-state index in [1.807, 2.05) is 11.0 Å². The van der Waals surface area contributed by atoms with Crippen LogP contribution in [0.4, 0.5) is 0 Å². The largest absolute Gasteiger partial charge is 0.385 e. The first kappa shape index (κ1) is 13.5. The molecule has 2 rings (SSSR count). The Hall–Kier alpha value is -0.940. The molecule has 1 aromatic heterocycles. The fraction of sp³-hybridized carbons (Fsp3) is 0.846. The van der Waals surface area contributed by atoms with Crippen molar-refractivity contribution >= 4 is 0 Å². The molecule has 5 nitrogen and oxygen atoms in total. The number of hydrogen-bond acceptors (Lipinski definition) is 4. The number of rotatable bonds is 7. The summed E-state index contributed by atoms with van der Waals surface area (Å²) in [6.07, 6.45) is 9.61. The van der Waals surface area contributed by atoms with Crippen molar-refractivity contribution in [3.05, 3.63) is 12.7 Å². The molecular formula is C13H24N4O. The molecule has 1 fully saturated rings. The molecule has 0 unspecified atom stereocenters. The zero-order valence-corrected chi connectivity index (χ0v) is 11.3. The molecule has 0 N–H and O–H groups in total. The third-order valence-corrected chi connectivity index (χ3v) is 3.69. The van der Waals surface area contributed by atoms with Crippen LogP contribution in [0, 0.1) is 0 Å². The fourth-order valence-electron chi connectivity index (χ4n) is 2.57. The van der Waals surface area contributed by atoms with Gasteiger partial charge >= 0.3 is 0 Å². The van der Waals surface area contributed by atoms with Gasteiger partial charge < -0.3 is 9.64 Å². The molecule has 1 aliphatic rings. The predicted octanol–water partition coefficient (Wildman–Crippen LogP) is 1.73. The van der Waals surface area contributed by atoms with Crippen LogP contribution in [0.3, 0.4) is 0 Å². The van der Waals surface area contributed by atoms with Gasteiger partial charge in [-0.05, 0) is 38.6 Å². The molecule has 0 spiro atoms. The van der Waals surface area contributed by atoms with Gasteiger partial charge in [0.2, 0.25) is 0 Å². The van der Waals surface area contributed by atoms with E-state index < -0.39 is 0 Å². The molecule has 0 saturated carbocycles. The molecule has 1 aliphatic heterocycles. The van der Waals surface area contributed by atoms with Gasteiger partial charge in [0.15, 0.2) is 0 Å². The third-order valence-electron chi connectivity index (χ3n) is 3.69. The number of piperidine rings is 1. The molecule has 0 aromatic carbocycles. The Kier molecular flexibility index (Phi) is 5.61. The van der Waals surface area contributed by atoms with E-state index >= 15 is 0 Å². The van der Waals surface area contributed by atoms with Gasteiger partial charge in [-0.2, -0.15) is 5.10 Å². The summed E-state index contributed by atoms with van der Waals surface area (Å²) in [6, 6.07) is 0.553. The highest BCUT2D eigenvalue weighted by Gasteiger charge is 2.20. The predicted molar refractivity (Wildman–Crippen MR) is 70.5 cm³/mol. The maximum Gasteiger partial charge on any atom is 0.137 e. The summed E-state index contributed by atoms with van der Waals surface area (Å²) >= 11 is 0. The number of methoxy groups -OCH3 is 1. The summed E-state index contributed by atoms with van der Waals surface area (Å²) < 4.78 is 7.07. The summed E-state index contributed by atoms with van der Waals surface area (Å²) in [4.78, 5) is 6.59. The fourth-order valence-corrected chi connectivity index (χ4v) is 2.57. The van der Waals surface area contributed by atoms with E-state index in [1.165, 1.54) is 51.7 Å². The second-order valence-corrected chi connectivity index (χ2v) is 5.00. The Bertz CT molecular complexity index is 307. The van der Waals surface area contributed by atoms with Crippen LogP contribution < -0.4 is 0 Å². The van der Waals surface area contributed by atoms with E-state index in [2.05, 4.69) is 15.0 Å². The van der Waals surface area contributed by atoms with E-state index in [4.69, 9.17) is 4.74 Å². The van der Waals surface area contributed by atoms with Crippen LogP contribution in [0.1, 0.15) is 38.1 Å². The second-order valence-electron chi connectivity index (χ2n) is 5.00. The average molecular weight is 252 g/mol. The number of nitrogens with zero attached hydrogens (tertiary/aromatic N) is 4. The number of hydrogen-bond donors (Lipinski definition) is 0. The van der Waals surface area contributed by atoms with Crippen molar-refractivity contribution in [2.24, 2.45) is 0 Å². The number of ether oxygens (including phenoxy) is 1. The van der Waals surface area contributed by atoms with Gasteiger partial charge in [-0.3, -0.25) is 0 Å². The summed E-state index contributed by atoms with van der Waals surface area (Å²) in [6.45, 7) is 4.51. The van der Waals surface area contributed by atoms with Crippen LogP contribution in [0.5, 0.6) is 0 Å². The highest BCUT2D eigenvalue weighted by Crippen LogP contribution is 2.21. The van der Waals surface area contributed by atoms with Crippen molar-refractivity contribution < 1.29 is 4.74 Å². The van der Waals surface area contributed by atoms with Gasteiger partial charge in [0.25, 0.3) is 0 Å². The van der Waals surface area contributed by atoms with E-state index in [0.29, 0.717) is 6.04 Å². The molecule has 0 atom stereocenters. The SMILES string of the molecule is COCCCCCN1CCC(n2cncn2)CC1. The summed E-state index contributed by atoms with van der Waals surface area (Å²) in [5.41, 5.74) is 0. The highest BCUT2D eigenvalue weighted by molar-refractivity contribution is 4.77.